The lowest BCUT2D eigenvalue weighted by molar-refractivity contribution is 0.0671. The van der Waals surface area contributed by atoms with Gasteiger partial charge >= 0.3 is 0 Å². The summed E-state index contributed by atoms with van der Waals surface area (Å²) in [5.74, 6) is 0.514. The van der Waals surface area contributed by atoms with Gasteiger partial charge in [-0.3, -0.25) is 0 Å². The molecule has 0 aromatic heterocycles. The third kappa shape index (κ3) is 2.70. The lowest BCUT2D eigenvalue weighted by atomic mass is 9.84. The summed E-state index contributed by atoms with van der Waals surface area (Å²) in [5, 5.41) is 11.8. The van der Waals surface area contributed by atoms with Gasteiger partial charge in [-0.1, -0.05) is 68.4 Å². The molecule has 1 aromatic rings. The van der Waals surface area contributed by atoms with Crippen LogP contribution in [0.1, 0.15) is 32.6 Å². The van der Waals surface area contributed by atoms with Crippen LogP contribution in [0, 0.1) is 5.92 Å². The monoisotopic (exact) mass is 262 g/mol. The molecule has 0 amide bonds. The second kappa shape index (κ2) is 5.58. The Morgan fingerprint density at radius 2 is 1.72 bits per heavy atom. The van der Waals surface area contributed by atoms with Crippen molar-refractivity contribution >= 4 is 13.3 Å². The van der Waals surface area contributed by atoms with Crippen LogP contribution in [-0.2, 0) is 0 Å². The van der Waals surface area contributed by atoms with Gasteiger partial charge in [0.2, 0.25) is 0 Å². The minimum Gasteiger partial charge on any atom is -0.393 e. The van der Waals surface area contributed by atoms with E-state index in [0.717, 1.165) is 6.42 Å². The Labute approximate surface area is 112 Å². The molecule has 1 nitrogen and oxygen atoms in total. The van der Waals surface area contributed by atoms with Gasteiger partial charge in [-0.25, -0.2) is 0 Å². The van der Waals surface area contributed by atoms with Crippen molar-refractivity contribution in [2.24, 2.45) is 5.92 Å². The summed E-state index contributed by atoms with van der Waals surface area (Å²) in [6.07, 6.45) is 4.66. The quantitative estimate of drug-likeness (QED) is 0.826. The Morgan fingerprint density at radius 1 is 1.11 bits per heavy atom. The van der Waals surface area contributed by atoms with Crippen LogP contribution in [0.3, 0.4) is 0 Å². The van der Waals surface area contributed by atoms with Crippen LogP contribution in [0.15, 0.2) is 30.3 Å². The molecule has 1 fully saturated rings. The molecule has 0 unspecified atom stereocenters. The largest absolute Gasteiger partial charge is 0.393 e. The summed E-state index contributed by atoms with van der Waals surface area (Å²) in [6.45, 7) is 7.28. The van der Waals surface area contributed by atoms with Crippen molar-refractivity contribution < 1.29 is 5.11 Å². The van der Waals surface area contributed by atoms with E-state index in [-0.39, 0.29) is 6.10 Å². The Kier molecular flexibility index (Phi) is 4.28. The van der Waals surface area contributed by atoms with Crippen molar-refractivity contribution in [3.05, 3.63) is 30.3 Å². The van der Waals surface area contributed by atoms with E-state index in [1.165, 1.54) is 24.4 Å². The molecule has 100 valence electrons. The van der Waals surface area contributed by atoms with Crippen LogP contribution < -0.4 is 5.19 Å². The second-order valence-corrected chi connectivity index (χ2v) is 11.3. The third-order valence-electron chi connectivity index (χ3n) is 5.08. The first-order valence-electron chi connectivity index (χ1n) is 7.27. The molecule has 0 spiro atoms. The summed E-state index contributed by atoms with van der Waals surface area (Å²) in [7, 11) is -1.47. The summed E-state index contributed by atoms with van der Waals surface area (Å²) >= 11 is 0. The predicted molar refractivity (Wildman–Crippen MR) is 80.9 cm³/mol. The van der Waals surface area contributed by atoms with Gasteiger partial charge in [0.15, 0.2) is 0 Å². The second-order valence-electron chi connectivity index (χ2n) is 6.39. The van der Waals surface area contributed by atoms with Gasteiger partial charge in [-0.2, -0.15) is 0 Å². The highest BCUT2D eigenvalue weighted by molar-refractivity contribution is 6.91. The van der Waals surface area contributed by atoms with Gasteiger partial charge in [-0.05, 0) is 24.3 Å². The zero-order chi connectivity index (χ0) is 13.2. The lowest BCUT2D eigenvalue weighted by Crippen LogP contribution is -2.49. The molecule has 0 radical (unpaired) electrons. The maximum Gasteiger partial charge on any atom is 0.0837 e. The average molecular weight is 262 g/mol. The summed E-state index contributed by atoms with van der Waals surface area (Å²) in [5.41, 5.74) is 0.648. The Balaban J connectivity index is 2.18. The van der Waals surface area contributed by atoms with Crippen LogP contribution >= 0.6 is 0 Å². The molecule has 0 saturated heterocycles. The van der Waals surface area contributed by atoms with Crippen LogP contribution in [0.2, 0.25) is 18.6 Å². The van der Waals surface area contributed by atoms with Crippen molar-refractivity contribution in [2.45, 2.75) is 57.3 Å². The number of aliphatic hydroxyl groups excluding tert-OH is 1. The molecule has 2 rings (SSSR count). The standard InChI is InChI=1S/C16H26OSi/c1-13(15-11-7-8-12-16(15)17)18(2,3)14-9-5-4-6-10-14/h4-6,9-10,13,15-17H,7-8,11-12H2,1-3H3/t13-,15+,16-/m0/s1. The zero-order valence-corrected chi connectivity index (χ0v) is 12.9. The van der Waals surface area contributed by atoms with Gasteiger partial charge in [0.1, 0.15) is 0 Å². The molecule has 0 aliphatic heterocycles. The van der Waals surface area contributed by atoms with Crippen LogP contribution in [0.25, 0.3) is 0 Å². The lowest BCUT2D eigenvalue weighted by Gasteiger charge is -2.40. The van der Waals surface area contributed by atoms with Crippen molar-refractivity contribution in [1.82, 2.24) is 0 Å². The summed E-state index contributed by atoms with van der Waals surface area (Å²) in [6, 6.07) is 10.9. The predicted octanol–water partition coefficient (Wildman–Crippen LogP) is 3.54. The fraction of sp³-hybridized carbons (Fsp3) is 0.625. The minimum atomic E-state index is -1.47. The fourth-order valence-corrected chi connectivity index (χ4v) is 6.43. The summed E-state index contributed by atoms with van der Waals surface area (Å²) in [4.78, 5) is 0. The van der Waals surface area contributed by atoms with Gasteiger partial charge < -0.3 is 5.11 Å². The van der Waals surface area contributed by atoms with Crippen molar-refractivity contribution in [2.75, 3.05) is 0 Å². The Bertz CT molecular complexity index is 374. The minimum absolute atomic E-state index is 0.0655. The molecule has 0 heterocycles. The van der Waals surface area contributed by atoms with Gasteiger partial charge in [0.25, 0.3) is 0 Å². The first-order valence-corrected chi connectivity index (χ1v) is 10.3. The van der Waals surface area contributed by atoms with Gasteiger partial charge in [0, 0.05) is 0 Å². The van der Waals surface area contributed by atoms with Crippen molar-refractivity contribution in [1.29, 1.82) is 0 Å². The first kappa shape index (κ1) is 13.8. The summed E-state index contributed by atoms with van der Waals surface area (Å²) < 4.78 is 0. The smallest absolute Gasteiger partial charge is 0.0837 e. The molecule has 1 aromatic carbocycles. The van der Waals surface area contributed by atoms with Crippen LogP contribution in [0.5, 0.6) is 0 Å². The number of hydrogen-bond donors (Lipinski definition) is 1. The third-order valence-corrected chi connectivity index (χ3v) is 9.61. The molecular formula is C16H26OSi. The van der Waals surface area contributed by atoms with E-state index < -0.39 is 8.07 Å². The Morgan fingerprint density at radius 3 is 2.33 bits per heavy atom. The van der Waals surface area contributed by atoms with E-state index in [1.54, 1.807) is 0 Å². The topological polar surface area (TPSA) is 20.2 Å². The molecule has 0 bridgehead atoms. The van der Waals surface area contributed by atoms with Crippen molar-refractivity contribution in [3.8, 4) is 0 Å². The van der Waals surface area contributed by atoms with E-state index >= 15 is 0 Å². The van der Waals surface area contributed by atoms with E-state index in [0.29, 0.717) is 11.5 Å². The highest BCUT2D eigenvalue weighted by atomic mass is 28.3. The van der Waals surface area contributed by atoms with Gasteiger partial charge in [0.05, 0.1) is 14.2 Å². The highest BCUT2D eigenvalue weighted by Crippen LogP contribution is 2.39. The molecular weight excluding hydrogens is 236 g/mol. The van der Waals surface area contributed by atoms with Crippen LogP contribution in [0.4, 0.5) is 0 Å². The van der Waals surface area contributed by atoms with Gasteiger partial charge in [-0.15, -0.1) is 0 Å². The zero-order valence-electron chi connectivity index (χ0n) is 11.9. The number of aliphatic hydroxyl groups is 1. The number of rotatable bonds is 3. The maximum atomic E-state index is 10.3. The molecule has 1 aliphatic rings. The molecule has 3 atom stereocenters. The van der Waals surface area contributed by atoms with E-state index in [4.69, 9.17) is 0 Å². The fourth-order valence-electron chi connectivity index (χ4n) is 3.39. The molecule has 2 heteroatoms. The first-order chi connectivity index (χ1) is 8.53. The molecule has 18 heavy (non-hydrogen) atoms. The highest BCUT2D eigenvalue weighted by Gasteiger charge is 2.39. The average Bonchev–Trinajstić information content (AvgIpc) is 2.39. The van der Waals surface area contributed by atoms with Crippen LogP contribution in [-0.4, -0.2) is 19.3 Å². The molecule has 1 N–H and O–H groups in total. The van der Waals surface area contributed by atoms with E-state index in [1.807, 2.05) is 0 Å². The molecule has 1 saturated carbocycles. The number of hydrogen-bond acceptors (Lipinski definition) is 1. The molecule has 1 aliphatic carbocycles. The maximum absolute atomic E-state index is 10.3. The van der Waals surface area contributed by atoms with E-state index in [9.17, 15) is 5.11 Å². The van der Waals surface area contributed by atoms with Crippen molar-refractivity contribution in [3.63, 3.8) is 0 Å². The van der Waals surface area contributed by atoms with E-state index in [2.05, 4.69) is 50.3 Å². The Hall–Kier alpha value is -0.603. The SMILES string of the molecule is C[C@@H]([C@H]1CCCC[C@@H]1O)[Si](C)(C)c1ccccc1. The normalized spacial score (nSPS) is 26.9. The number of benzene rings is 1.